The summed E-state index contributed by atoms with van der Waals surface area (Å²) >= 11 is 1.49. The number of halogens is 2. The highest BCUT2D eigenvalue weighted by Crippen LogP contribution is 2.40. The van der Waals surface area contributed by atoms with Crippen molar-refractivity contribution in [3.63, 3.8) is 0 Å². The molecule has 0 aliphatic carbocycles. The van der Waals surface area contributed by atoms with Crippen LogP contribution in [0.2, 0.25) is 0 Å². The predicted octanol–water partition coefficient (Wildman–Crippen LogP) is 3.83. The molecule has 2 aromatic carbocycles. The minimum atomic E-state index is -0.812. The summed E-state index contributed by atoms with van der Waals surface area (Å²) in [6.45, 7) is 0. The summed E-state index contributed by atoms with van der Waals surface area (Å²) in [6.07, 6.45) is 0. The minimum Gasteiger partial charge on any atom is -0.204 e. The van der Waals surface area contributed by atoms with Crippen LogP contribution in [0, 0.1) is 11.6 Å². The molecule has 1 aliphatic heterocycles. The van der Waals surface area contributed by atoms with Crippen LogP contribution in [-0.4, -0.2) is 7.85 Å². The molecule has 0 bridgehead atoms. The maximum Gasteiger partial charge on any atom is 0.163 e. The Labute approximate surface area is 110 Å². The van der Waals surface area contributed by atoms with Crippen molar-refractivity contribution in [2.24, 2.45) is 0 Å². The second kappa shape index (κ2) is 4.43. The molecular weight excluding hydrogens is 249 g/mol. The molecule has 1 aliphatic rings. The van der Waals surface area contributed by atoms with Gasteiger partial charge in [0.05, 0.1) is 7.85 Å². The molecule has 18 heavy (non-hydrogen) atoms. The molecule has 2 aromatic rings. The van der Waals surface area contributed by atoms with Crippen LogP contribution in [0.15, 0.2) is 41.3 Å². The number of thioether (sulfide) groups is 1. The molecule has 1 heterocycles. The van der Waals surface area contributed by atoms with Crippen LogP contribution in [0.1, 0.15) is 22.5 Å². The lowest BCUT2D eigenvalue weighted by molar-refractivity contribution is 0.501. The Morgan fingerprint density at radius 1 is 1.06 bits per heavy atom. The summed E-state index contributed by atoms with van der Waals surface area (Å²) in [5, 5.41) is 0. The maximum absolute atomic E-state index is 13.8. The van der Waals surface area contributed by atoms with Crippen molar-refractivity contribution in [1.29, 1.82) is 0 Å². The van der Waals surface area contributed by atoms with E-state index in [-0.39, 0.29) is 0 Å². The molecule has 0 N–H and O–H groups in total. The first kappa shape index (κ1) is 11.8. The van der Waals surface area contributed by atoms with E-state index in [0.717, 1.165) is 16.5 Å². The molecule has 0 fully saturated rings. The molecule has 0 nitrogen and oxygen atoms in total. The van der Waals surface area contributed by atoms with Gasteiger partial charge >= 0.3 is 0 Å². The number of hydrogen-bond donors (Lipinski definition) is 0. The first-order valence-electron chi connectivity index (χ1n) is 5.62. The van der Waals surface area contributed by atoms with Crippen LogP contribution in [0.25, 0.3) is 0 Å². The molecule has 0 aromatic heterocycles. The summed E-state index contributed by atoms with van der Waals surface area (Å²) in [5.41, 5.74) is 2.02. The lowest BCUT2D eigenvalue weighted by Gasteiger charge is -2.15. The first-order valence-corrected chi connectivity index (χ1v) is 6.61. The molecule has 0 spiro atoms. The smallest absolute Gasteiger partial charge is 0.163 e. The molecule has 0 amide bonds. The fourth-order valence-corrected chi connectivity index (χ4v) is 3.36. The van der Waals surface area contributed by atoms with Gasteiger partial charge in [0.1, 0.15) is 0 Å². The zero-order chi connectivity index (χ0) is 12.7. The van der Waals surface area contributed by atoms with Crippen LogP contribution < -0.4 is 0 Å². The predicted molar refractivity (Wildman–Crippen MR) is 70.0 cm³/mol. The Hall–Kier alpha value is -1.29. The van der Waals surface area contributed by atoms with E-state index in [0.29, 0.717) is 16.9 Å². The van der Waals surface area contributed by atoms with Gasteiger partial charge in [-0.15, -0.1) is 11.8 Å². The van der Waals surface area contributed by atoms with Gasteiger partial charge in [0.15, 0.2) is 11.6 Å². The summed E-state index contributed by atoms with van der Waals surface area (Å²) in [5.74, 6) is -1.58. The van der Waals surface area contributed by atoms with Crippen LogP contribution in [0.4, 0.5) is 8.78 Å². The van der Waals surface area contributed by atoms with Crippen LogP contribution in [-0.2, 0) is 5.75 Å². The van der Waals surface area contributed by atoms with Gasteiger partial charge in [-0.1, -0.05) is 24.3 Å². The highest BCUT2D eigenvalue weighted by Gasteiger charge is 2.23. The van der Waals surface area contributed by atoms with Crippen LogP contribution in [0.5, 0.6) is 0 Å². The van der Waals surface area contributed by atoms with Crippen molar-refractivity contribution < 1.29 is 8.78 Å². The van der Waals surface area contributed by atoms with Gasteiger partial charge in [-0.25, -0.2) is 8.78 Å². The fourth-order valence-electron chi connectivity index (χ4n) is 2.23. The molecule has 1 atom stereocenters. The topological polar surface area (TPSA) is 0 Å². The molecule has 88 valence electrons. The van der Waals surface area contributed by atoms with E-state index in [4.69, 9.17) is 7.85 Å². The number of hydrogen-bond acceptors (Lipinski definition) is 1. The van der Waals surface area contributed by atoms with E-state index in [1.807, 2.05) is 24.3 Å². The van der Waals surface area contributed by atoms with E-state index in [1.165, 1.54) is 11.8 Å². The van der Waals surface area contributed by atoms with E-state index in [1.54, 1.807) is 6.07 Å². The van der Waals surface area contributed by atoms with E-state index < -0.39 is 17.5 Å². The van der Waals surface area contributed by atoms with Crippen molar-refractivity contribution >= 4 is 19.6 Å². The van der Waals surface area contributed by atoms with Gasteiger partial charge < -0.3 is 0 Å². The average Bonchev–Trinajstić information content (AvgIpc) is 2.53. The number of rotatable bonds is 0. The highest BCUT2D eigenvalue weighted by molar-refractivity contribution is 7.98. The second-order valence-electron chi connectivity index (χ2n) is 4.23. The van der Waals surface area contributed by atoms with Crippen LogP contribution in [0.3, 0.4) is 0 Å². The van der Waals surface area contributed by atoms with Crippen molar-refractivity contribution in [2.75, 3.05) is 0 Å². The van der Waals surface area contributed by atoms with E-state index in [2.05, 4.69) is 0 Å². The van der Waals surface area contributed by atoms with Gasteiger partial charge in [0.2, 0.25) is 0 Å². The molecule has 0 saturated heterocycles. The summed E-state index contributed by atoms with van der Waals surface area (Å²) in [7, 11) is 6.17. The Morgan fingerprint density at radius 2 is 1.83 bits per heavy atom. The highest BCUT2D eigenvalue weighted by atomic mass is 32.2. The van der Waals surface area contributed by atoms with Crippen molar-refractivity contribution in [2.45, 2.75) is 16.5 Å². The SMILES string of the molecule is [B]C1c2ccccc2SCc2c1ccc(F)c2F. The minimum absolute atomic E-state index is 0.378. The van der Waals surface area contributed by atoms with Gasteiger partial charge in [0, 0.05) is 16.2 Å². The third-order valence-electron chi connectivity index (χ3n) is 3.19. The Balaban J connectivity index is 2.21. The zero-order valence-electron chi connectivity index (χ0n) is 9.49. The zero-order valence-corrected chi connectivity index (χ0v) is 10.3. The van der Waals surface area contributed by atoms with Crippen molar-refractivity contribution in [3.05, 3.63) is 64.7 Å². The van der Waals surface area contributed by atoms with E-state index >= 15 is 0 Å². The van der Waals surface area contributed by atoms with Crippen molar-refractivity contribution in [1.82, 2.24) is 0 Å². The molecule has 2 radical (unpaired) electrons. The molecule has 0 saturated carbocycles. The Kier molecular flexibility index (Phi) is 2.90. The third kappa shape index (κ3) is 1.75. The summed E-state index contributed by atoms with van der Waals surface area (Å²) in [4.78, 5) is 1.03. The lowest BCUT2D eigenvalue weighted by atomic mass is 9.74. The van der Waals surface area contributed by atoms with Gasteiger partial charge in [0.25, 0.3) is 0 Å². The maximum atomic E-state index is 13.8. The fraction of sp³-hybridized carbons (Fsp3) is 0.143. The van der Waals surface area contributed by atoms with Gasteiger partial charge in [-0.05, 0) is 29.1 Å². The summed E-state index contributed by atoms with van der Waals surface area (Å²) < 4.78 is 27.1. The molecular formula is C14H9BF2S. The molecule has 1 unspecified atom stereocenters. The largest absolute Gasteiger partial charge is 0.204 e. The van der Waals surface area contributed by atoms with E-state index in [9.17, 15) is 8.78 Å². The third-order valence-corrected chi connectivity index (χ3v) is 4.31. The Bertz CT molecular complexity index is 613. The lowest BCUT2D eigenvalue weighted by Crippen LogP contribution is -2.05. The standard InChI is InChI=1S/C14H9BF2S/c15-13-8-5-6-11(16)14(17)10(8)7-18-12-4-2-1-3-9(12)13/h1-6,13H,7H2. The first-order chi connectivity index (χ1) is 8.68. The van der Waals surface area contributed by atoms with Gasteiger partial charge in [-0.3, -0.25) is 0 Å². The van der Waals surface area contributed by atoms with Crippen LogP contribution >= 0.6 is 11.8 Å². The monoisotopic (exact) mass is 258 g/mol. The van der Waals surface area contributed by atoms with Gasteiger partial charge in [-0.2, -0.15) is 0 Å². The second-order valence-corrected chi connectivity index (χ2v) is 5.25. The number of benzene rings is 2. The normalized spacial score (nSPS) is 17.8. The Morgan fingerprint density at radius 3 is 2.67 bits per heavy atom. The quantitative estimate of drug-likeness (QED) is 0.647. The average molecular weight is 258 g/mol. The summed E-state index contributed by atoms with van der Waals surface area (Å²) in [6, 6.07) is 10.5. The molecule has 4 heteroatoms. The van der Waals surface area contributed by atoms with Crippen molar-refractivity contribution in [3.8, 4) is 0 Å². The molecule has 3 rings (SSSR count). The number of fused-ring (bicyclic) bond motifs is 2.